The highest BCUT2D eigenvalue weighted by atomic mass is 79.9. The van der Waals surface area contributed by atoms with Gasteiger partial charge in [0.05, 0.1) is 12.2 Å². The Hall–Kier alpha value is -3.65. The highest BCUT2D eigenvalue weighted by Crippen LogP contribution is 2.23. The maximum atomic E-state index is 12.7. The number of benzene rings is 3. The quantitative estimate of drug-likeness (QED) is 0.330. The topological polar surface area (TPSA) is 96.5 Å². The number of hydrazine groups is 1. The van der Waals surface area contributed by atoms with E-state index in [4.69, 9.17) is 4.74 Å². The van der Waals surface area contributed by atoms with E-state index in [1.165, 1.54) is 0 Å². The van der Waals surface area contributed by atoms with E-state index in [1.54, 1.807) is 54.6 Å². The van der Waals surface area contributed by atoms with Crippen LogP contribution in [-0.4, -0.2) is 24.3 Å². The molecular weight excluding hydrogens is 510 g/mol. The van der Waals surface area contributed by atoms with E-state index in [1.807, 2.05) is 19.1 Å². The van der Waals surface area contributed by atoms with Gasteiger partial charge in [0, 0.05) is 21.3 Å². The number of carbonyl (C=O) groups is 3. The van der Waals surface area contributed by atoms with Gasteiger partial charge in [0.15, 0.2) is 0 Å². The van der Waals surface area contributed by atoms with Crippen molar-refractivity contribution in [3.63, 3.8) is 0 Å². The molecule has 3 rings (SSSR count). The smallest absolute Gasteiger partial charge is 0.273 e. The van der Waals surface area contributed by atoms with Crippen molar-refractivity contribution in [1.29, 1.82) is 0 Å². The number of anilines is 1. The summed E-state index contributed by atoms with van der Waals surface area (Å²) in [5.74, 6) is -0.314. The average molecular weight is 538 g/mol. The number of hydrogen-bond acceptors (Lipinski definition) is 4. The minimum Gasteiger partial charge on any atom is -0.493 e. The summed E-state index contributed by atoms with van der Waals surface area (Å²) in [5, 5.41) is 2.80. The molecule has 3 aromatic rings. The lowest BCUT2D eigenvalue weighted by molar-refractivity contribution is 0.0844. The monoisotopic (exact) mass is 537 g/mol. The van der Waals surface area contributed by atoms with Crippen molar-refractivity contribution in [2.24, 2.45) is 5.92 Å². The SMILES string of the molecule is Cc1cccc(C(=O)Nc2ccc(C(=O)NNC(=O)c3cc(Br)ccc3OCCC(C)C)cc2)c1. The Labute approximate surface area is 213 Å². The maximum absolute atomic E-state index is 12.7. The molecule has 0 spiro atoms. The second kappa shape index (κ2) is 12.2. The molecule has 182 valence electrons. The molecule has 3 amide bonds. The molecule has 0 unspecified atom stereocenters. The molecule has 7 nitrogen and oxygen atoms in total. The highest BCUT2D eigenvalue weighted by molar-refractivity contribution is 9.10. The standard InChI is InChI=1S/C27H28BrN3O4/c1-17(2)13-14-35-24-12-9-21(28)16-23(24)27(34)31-30-26(33)19-7-10-22(11-8-19)29-25(32)20-6-4-5-18(3)15-20/h4-12,15-17H,13-14H2,1-3H3,(H,29,32)(H,30,33)(H,31,34). The molecule has 35 heavy (non-hydrogen) atoms. The fourth-order valence-corrected chi connectivity index (χ4v) is 3.52. The van der Waals surface area contributed by atoms with Crippen LogP contribution in [0.1, 0.15) is 56.9 Å². The molecule has 0 bridgehead atoms. The van der Waals surface area contributed by atoms with Gasteiger partial charge in [-0.1, -0.05) is 47.5 Å². The third-order valence-electron chi connectivity index (χ3n) is 5.11. The van der Waals surface area contributed by atoms with Crippen LogP contribution in [0.4, 0.5) is 5.69 Å². The second-order valence-corrected chi connectivity index (χ2v) is 9.40. The van der Waals surface area contributed by atoms with E-state index in [2.05, 4.69) is 45.9 Å². The van der Waals surface area contributed by atoms with Crippen LogP contribution in [-0.2, 0) is 0 Å². The lowest BCUT2D eigenvalue weighted by Crippen LogP contribution is -2.41. The van der Waals surface area contributed by atoms with Crippen LogP contribution in [0.15, 0.2) is 71.2 Å². The zero-order chi connectivity index (χ0) is 25.4. The maximum Gasteiger partial charge on any atom is 0.273 e. The number of amides is 3. The molecule has 8 heteroatoms. The molecule has 0 atom stereocenters. The molecule has 0 saturated heterocycles. The van der Waals surface area contributed by atoms with Gasteiger partial charge in [-0.3, -0.25) is 25.2 Å². The van der Waals surface area contributed by atoms with Crippen molar-refractivity contribution in [1.82, 2.24) is 10.9 Å². The van der Waals surface area contributed by atoms with Crippen molar-refractivity contribution in [2.45, 2.75) is 27.2 Å². The van der Waals surface area contributed by atoms with Crippen LogP contribution >= 0.6 is 15.9 Å². The van der Waals surface area contributed by atoms with E-state index in [9.17, 15) is 14.4 Å². The van der Waals surface area contributed by atoms with Crippen molar-refractivity contribution in [3.8, 4) is 5.75 Å². The third kappa shape index (κ3) is 7.68. The predicted octanol–water partition coefficient (Wildman–Crippen LogP) is 5.51. The van der Waals surface area contributed by atoms with Gasteiger partial charge in [-0.05, 0) is 73.9 Å². The zero-order valence-corrected chi connectivity index (χ0v) is 21.4. The van der Waals surface area contributed by atoms with Crippen molar-refractivity contribution < 1.29 is 19.1 Å². The normalized spacial score (nSPS) is 10.5. The van der Waals surface area contributed by atoms with E-state index < -0.39 is 11.8 Å². The van der Waals surface area contributed by atoms with Crippen LogP contribution in [0, 0.1) is 12.8 Å². The molecule has 0 fully saturated rings. The van der Waals surface area contributed by atoms with Gasteiger partial charge in [0.25, 0.3) is 17.7 Å². The summed E-state index contributed by atoms with van der Waals surface area (Å²) >= 11 is 3.36. The molecular formula is C27H28BrN3O4. The first-order valence-corrected chi connectivity index (χ1v) is 12.0. The van der Waals surface area contributed by atoms with Crippen molar-refractivity contribution in [2.75, 3.05) is 11.9 Å². The lowest BCUT2D eigenvalue weighted by atomic mass is 10.1. The fourth-order valence-electron chi connectivity index (χ4n) is 3.16. The van der Waals surface area contributed by atoms with E-state index in [-0.39, 0.29) is 5.91 Å². The first kappa shape index (κ1) is 26.0. The van der Waals surface area contributed by atoms with Crippen molar-refractivity contribution in [3.05, 3.63) is 93.5 Å². The molecule has 0 aliphatic heterocycles. The highest BCUT2D eigenvalue weighted by Gasteiger charge is 2.15. The van der Waals surface area contributed by atoms with Crippen LogP contribution in [0.5, 0.6) is 5.75 Å². The number of hydrogen-bond donors (Lipinski definition) is 3. The van der Waals surface area contributed by atoms with Crippen molar-refractivity contribution >= 4 is 39.3 Å². The Bertz CT molecular complexity index is 1210. The fraction of sp³-hybridized carbons (Fsp3) is 0.222. The van der Waals surface area contributed by atoms with Gasteiger partial charge < -0.3 is 10.1 Å². The van der Waals surface area contributed by atoms with E-state index >= 15 is 0 Å². The minimum atomic E-state index is -0.499. The van der Waals surface area contributed by atoms with Crippen LogP contribution in [0.3, 0.4) is 0 Å². The van der Waals surface area contributed by atoms with Gasteiger partial charge in [0.2, 0.25) is 0 Å². The Morgan fingerprint density at radius 3 is 2.26 bits per heavy atom. The summed E-state index contributed by atoms with van der Waals surface area (Å²) < 4.78 is 6.49. The minimum absolute atomic E-state index is 0.237. The first-order chi connectivity index (χ1) is 16.7. The lowest BCUT2D eigenvalue weighted by Gasteiger charge is -2.14. The summed E-state index contributed by atoms with van der Waals surface area (Å²) in [4.78, 5) is 37.6. The number of aryl methyl sites for hydroxylation is 1. The van der Waals surface area contributed by atoms with Gasteiger partial charge in [-0.2, -0.15) is 0 Å². The first-order valence-electron chi connectivity index (χ1n) is 11.2. The van der Waals surface area contributed by atoms with E-state index in [0.717, 1.165) is 12.0 Å². The number of ether oxygens (including phenoxy) is 1. The van der Waals surface area contributed by atoms with Gasteiger partial charge in [-0.25, -0.2) is 0 Å². The summed E-state index contributed by atoms with van der Waals surface area (Å²) in [5.41, 5.74) is 7.56. The largest absolute Gasteiger partial charge is 0.493 e. The van der Waals surface area contributed by atoms with Gasteiger partial charge in [-0.15, -0.1) is 0 Å². The Kier molecular flexibility index (Phi) is 9.03. The van der Waals surface area contributed by atoms with Crippen LogP contribution in [0.25, 0.3) is 0 Å². The number of carbonyl (C=O) groups excluding carboxylic acids is 3. The third-order valence-corrected chi connectivity index (χ3v) is 5.61. The number of nitrogens with one attached hydrogen (secondary N) is 3. The van der Waals surface area contributed by atoms with Gasteiger partial charge in [0.1, 0.15) is 5.75 Å². The summed E-state index contributed by atoms with van der Waals surface area (Å²) in [6.07, 6.45) is 0.856. The summed E-state index contributed by atoms with van der Waals surface area (Å²) in [7, 11) is 0. The molecule has 0 aromatic heterocycles. The molecule has 0 aliphatic carbocycles. The molecule has 0 aliphatic rings. The Morgan fingerprint density at radius 2 is 1.57 bits per heavy atom. The van der Waals surface area contributed by atoms with Crippen LogP contribution < -0.4 is 20.9 Å². The van der Waals surface area contributed by atoms with E-state index in [0.29, 0.717) is 45.1 Å². The number of rotatable bonds is 8. The average Bonchev–Trinajstić information content (AvgIpc) is 2.83. The van der Waals surface area contributed by atoms with Crippen LogP contribution in [0.2, 0.25) is 0 Å². The number of halogens is 1. The molecule has 0 radical (unpaired) electrons. The molecule has 0 saturated carbocycles. The van der Waals surface area contributed by atoms with Gasteiger partial charge >= 0.3 is 0 Å². The molecule has 3 aromatic carbocycles. The summed E-state index contributed by atoms with van der Waals surface area (Å²) in [6, 6.07) is 18.8. The Morgan fingerprint density at radius 1 is 0.857 bits per heavy atom. The zero-order valence-electron chi connectivity index (χ0n) is 19.9. The Balaban J connectivity index is 1.58. The summed E-state index contributed by atoms with van der Waals surface area (Å²) in [6.45, 7) is 6.59. The second-order valence-electron chi connectivity index (χ2n) is 8.48. The molecule has 3 N–H and O–H groups in total. The predicted molar refractivity (Wildman–Crippen MR) is 140 cm³/mol. The molecule has 0 heterocycles.